The van der Waals surface area contributed by atoms with Crippen molar-refractivity contribution < 1.29 is 14.6 Å². The van der Waals surface area contributed by atoms with E-state index in [0.29, 0.717) is 24.2 Å². The van der Waals surface area contributed by atoms with Crippen molar-refractivity contribution in [1.29, 1.82) is 0 Å². The molecular weight excluding hydrogens is 316 g/mol. The Morgan fingerprint density at radius 3 is 2.83 bits per heavy atom. The average Bonchev–Trinajstić information content (AvgIpc) is 3.04. The molecule has 2 aromatic heterocycles. The van der Waals surface area contributed by atoms with Crippen molar-refractivity contribution in [3.05, 3.63) is 26.6 Å². The van der Waals surface area contributed by atoms with Crippen LogP contribution in [0.4, 0.5) is 0 Å². The Hall–Kier alpha value is -1.73. The van der Waals surface area contributed by atoms with Gasteiger partial charge in [-0.2, -0.15) is 0 Å². The van der Waals surface area contributed by atoms with Gasteiger partial charge in [-0.25, -0.2) is 9.78 Å². The number of aliphatic carboxylic acids is 1. The van der Waals surface area contributed by atoms with Crippen LogP contribution < -0.4 is 5.56 Å². The molecule has 1 aliphatic rings. The minimum absolute atomic E-state index is 0.243. The summed E-state index contributed by atoms with van der Waals surface area (Å²) in [6.07, 6.45) is 3.30. The molecule has 0 spiro atoms. The third-order valence-corrected chi connectivity index (χ3v) is 5.61. The van der Waals surface area contributed by atoms with Gasteiger partial charge in [-0.1, -0.05) is 0 Å². The number of thiophene rings is 1. The van der Waals surface area contributed by atoms with Gasteiger partial charge in [0.2, 0.25) is 0 Å². The first kappa shape index (κ1) is 16.1. The summed E-state index contributed by atoms with van der Waals surface area (Å²) in [6, 6.07) is 0. The van der Waals surface area contributed by atoms with Gasteiger partial charge in [0.05, 0.1) is 12.0 Å². The van der Waals surface area contributed by atoms with Crippen molar-refractivity contribution in [1.82, 2.24) is 9.55 Å². The lowest BCUT2D eigenvalue weighted by Gasteiger charge is -2.25. The molecule has 7 heteroatoms. The van der Waals surface area contributed by atoms with E-state index >= 15 is 0 Å². The van der Waals surface area contributed by atoms with E-state index in [2.05, 4.69) is 4.98 Å². The fourth-order valence-electron chi connectivity index (χ4n) is 3.12. The molecule has 0 aliphatic heterocycles. The first-order chi connectivity index (χ1) is 10.9. The highest BCUT2D eigenvalue weighted by Gasteiger charge is 2.35. The Morgan fingerprint density at radius 2 is 2.17 bits per heavy atom. The summed E-state index contributed by atoms with van der Waals surface area (Å²) in [6.45, 7) is 3.46. The van der Waals surface area contributed by atoms with Crippen LogP contribution in [-0.2, 0) is 34.3 Å². The van der Waals surface area contributed by atoms with E-state index in [1.807, 2.05) is 0 Å². The fourth-order valence-corrected chi connectivity index (χ4v) is 4.39. The van der Waals surface area contributed by atoms with Gasteiger partial charge >= 0.3 is 5.97 Å². The molecule has 0 bridgehead atoms. The van der Waals surface area contributed by atoms with Gasteiger partial charge in [-0.3, -0.25) is 9.36 Å². The average molecular weight is 336 g/mol. The molecule has 0 unspecified atom stereocenters. The van der Waals surface area contributed by atoms with Crippen LogP contribution in [-0.4, -0.2) is 34.3 Å². The molecule has 23 heavy (non-hydrogen) atoms. The van der Waals surface area contributed by atoms with Crippen molar-refractivity contribution in [3.63, 3.8) is 0 Å². The van der Waals surface area contributed by atoms with Gasteiger partial charge in [-0.05, 0) is 38.7 Å². The molecule has 1 N–H and O–H groups in total. The fraction of sp³-hybridized carbons (Fsp3) is 0.562. The molecule has 1 aliphatic carbocycles. The number of ether oxygens (including phenoxy) is 1. The highest BCUT2D eigenvalue weighted by molar-refractivity contribution is 7.18. The molecule has 0 fully saturated rings. The summed E-state index contributed by atoms with van der Waals surface area (Å²) < 4.78 is 6.42. The molecule has 3 rings (SSSR count). The van der Waals surface area contributed by atoms with Gasteiger partial charge < -0.3 is 9.84 Å². The van der Waals surface area contributed by atoms with Crippen LogP contribution in [0.3, 0.4) is 0 Å². The minimum atomic E-state index is -1.35. The smallest absolute Gasteiger partial charge is 0.329 e. The predicted molar refractivity (Wildman–Crippen MR) is 88.4 cm³/mol. The Morgan fingerprint density at radius 1 is 1.43 bits per heavy atom. The van der Waals surface area contributed by atoms with Crippen molar-refractivity contribution in [3.8, 4) is 0 Å². The number of carboxylic acids is 1. The first-order valence-electron chi connectivity index (χ1n) is 7.67. The predicted octanol–water partition coefficient (Wildman–Crippen LogP) is 1.96. The zero-order valence-electron chi connectivity index (χ0n) is 13.5. The summed E-state index contributed by atoms with van der Waals surface area (Å²) in [5.74, 6) is -0.581. The molecule has 124 valence electrons. The summed E-state index contributed by atoms with van der Waals surface area (Å²) >= 11 is 1.56. The number of hydrogen-bond acceptors (Lipinski definition) is 5. The van der Waals surface area contributed by atoms with Gasteiger partial charge in [0.25, 0.3) is 5.56 Å². The summed E-state index contributed by atoms with van der Waals surface area (Å²) in [7, 11) is 1.57. The largest absolute Gasteiger partial charge is 0.480 e. The maximum Gasteiger partial charge on any atom is 0.329 e. The topological polar surface area (TPSA) is 81.4 Å². The number of hydrogen-bond donors (Lipinski definition) is 1. The highest BCUT2D eigenvalue weighted by atomic mass is 32.1. The number of carbonyl (C=O) groups is 1. The third-order valence-electron chi connectivity index (χ3n) is 4.42. The van der Waals surface area contributed by atoms with Gasteiger partial charge in [0.1, 0.15) is 16.2 Å². The highest BCUT2D eigenvalue weighted by Crippen LogP contribution is 2.35. The minimum Gasteiger partial charge on any atom is -0.480 e. The molecule has 0 atom stereocenters. The number of nitrogens with zero attached hydrogens (tertiary/aromatic N) is 2. The van der Waals surface area contributed by atoms with Crippen LogP contribution in [0.5, 0.6) is 0 Å². The summed E-state index contributed by atoms with van der Waals surface area (Å²) in [4.78, 5) is 31.4. The molecular formula is C16H20N2O4S. The monoisotopic (exact) mass is 336 g/mol. The summed E-state index contributed by atoms with van der Waals surface area (Å²) in [5, 5.41) is 10.2. The maximum atomic E-state index is 13.1. The molecule has 0 radical (unpaired) electrons. The lowest BCUT2D eigenvalue weighted by molar-refractivity contribution is -0.146. The Balaban J connectivity index is 2.32. The Labute approximate surface area is 137 Å². The lowest BCUT2D eigenvalue weighted by Crippen LogP contribution is -2.45. The van der Waals surface area contributed by atoms with E-state index in [-0.39, 0.29) is 5.56 Å². The first-order valence-corrected chi connectivity index (χ1v) is 8.48. The lowest BCUT2D eigenvalue weighted by atomic mass is 10.0. The Bertz CT molecular complexity index is 835. The number of fused-ring (bicyclic) bond motifs is 3. The van der Waals surface area contributed by atoms with Gasteiger partial charge in [0, 0.05) is 18.4 Å². The molecule has 0 aromatic carbocycles. The van der Waals surface area contributed by atoms with E-state index in [0.717, 1.165) is 29.7 Å². The van der Waals surface area contributed by atoms with Crippen LogP contribution in [0.1, 0.15) is 36.5 Å². The van der Waals surface area contributed by atoms with Crippen LogP contribution in [0, 0.1) is 0 Å². The quantitative estimate of drug-likeness (QED) is 0.902. The normalized spacial score (nSPS) is 14.4. The second-order valence-electron chi connectivity index (χ2n) is 6.31. The number of aromatic nitrogens is 2. The van der Waals surface area contributed by atoms with Crippen molar-refractivity contribution in [2.75, 3.05) is 13.7 Å². The standard InChI is InChI=1S/C16H20N2O4S/c1-16(2,15(20)21)18-11(7-8-22-3)17-13-12(14(18)19)9-5-4-6-10(9)23-13/h4-8H2,1-3H3,(H,20,21). The van der Waals surface area contributed by atoms with Crippen molar-refractivity contribution in [2.45, 2.75) is 45.1 Å². The number of carboxylic acid groups (broad SMARTS) is 1. The maximum absolute atomic E-state index is 13.1. The van der Waals surface area contributed by atoms with E-state index in [4.69, 9.17) is 4.74 Å². The molecule has 2 heterocycles. The van der Waals surface area contributed by atoms with E-state index in [1.54, 1.807) is 18.4 Å². The molecule has 0 saturated heterocycles. The third kappa shape index (κ3) is 2.48. The molecule has 0 saturated carbocycles. The second-order valence-corrected chi connectivity index (χ2v) is 7.40. The van der Waals surface area contributed by atoms with E-state index in [1.165, 1.54) is 23.3 Å². The van der Waals surface area contributed by atoms with Crippen LogP contribution in [0.15, 0.2) is 4.79 Å². The Kier molecular flexibility index (Phi) is 4.01. The number of aryl methyl sites for hydroxylation is 2. The van der Waals surface area contributed by atoms with Crippen molar-refractivity contribution in [2.24, 2.45) is 0 Å². The van der Waals surface area contributed by atoms with Crippen LogP contribution in [0.25, 0.3) is 10.2 Å². The zero-order chi connectivity index (χ0) is 16.8. The van der Waals surface area contributed by atoms with E-state index in [9.17, 15) is 14.7 Å². The summed E-state index contributed by atoms with van der Waals surface area (Å²) in [5.41, 5.74) is -0.530. The van der Waals surface area contributed by atoms with Gasteiger partial charge in [-0.15, -0.1) is 11.3 Å². The zero-order valence-corrected chi connectivity index (χ0v) is 14.3. The number of methoxy groups -OCH3 is 1. The SMILES string of the molecule is COCCc1nc2sc3c(c2c(=O)n1C(C)(C)C(=O)O)CCC3. The molecule has 0 amide bonds. The van der Waals surface area contributed by atoms with E-state index < -0.39 is 11.5 Å². The second kappa shape index (κ2) is 5.72. The van der Waals surface area contributed by atoms with Gasteiger partial charge in [0.15, 0.2) is 0 Å². The van der Waals surface area contributed by atoms with Crippen LogP contribution >= 0.6 is 11.3 Å². The molecule has 2 aromatic rings. The molecule has 6 nitrogen and oxygen atoms in total. The van der Waals surface area contributed by atoms with Crippen molar-refractivity contribution >= 4 is 27.5 Å². The number of rotatable bonds is 5. The van der Waals surface area contributed by atoms with Crippen LogP contribution in [0.2, 0.25) is 0 Å².